The molecule has 2 heterocycles. The molecule has 1 amide bonds. The Balaban J connectivity index is 2.01. The molecule has 3 aromatic rings. The zero-order valence-corrected chi connectivity index (χ0v) is 16.1. The maximum atomic E-state index is 13.0. The zero-order valence-electron chi connectivity index (χ0n) is 16.1. The third-order valence-electron chi connectivity index (χ3n) is 4.65. The first-order valence-electron chi connectivity index (χ1n) is 9.12. The molecule has 28 heavy (non-hydrogen) atoms. The van der Waals surface area contributed by atoms with Crippen molar-refractivity contribution in [3.63, 3.8) is 0 Å². The number of aryl methyl sites for hydroxylation is 1. The third-order valence-corrected chi connectivity index (χ3v) is 4.65. The Hall–Kier alpha value is -3.43. The molecule has 3 N–H and O–H groups in total. The molecule has 3 rings (SSSR count). The van der Waals surface area contributed by atoms with Crippen molar-refractivity contribution in [3.8, 4) is 0 Å². The maximum Gasteiger partial charge on any atom is 0.330 e. The van der Waals surface area contributed by atoms with Crippen LogP contribution in [0.2, 0.25) is 0 Å². The molecule has 0 aliphatic rings. The van der Waals surface area contributed by atoms with Gasteiger partial charge in [0.2, 0.25) is 0 Å². The van der Waals surface area contributed by atoms with E-state index in [0.717, 1.165) is 23.3 Å². The Kier molecular flexibility index (Phi) is 5.30. The largest absolute Gasteiger partial charge is 0.383 e. The molecule has 0 radical (unpaired) electrons. The molecule has 0 atom stereocenters. The van der Waals surface area contributed by atoms with Crippen molar-refractivity contribution in [3.05, 3.63) is 44.6 Å². The van der Waals surface area contributed by atoms with E-state index < -0.39 is 17.2 Å². The molecule has 148 valence electrons. The highest BCUT2D eigenvalue weighted by Gasteiger charge is 2.22. The second kappa shape index (κ2) is 7.67. The quantitative estimate of drug-likeness (QED) is 0.649. The van der Waals surface area contributed by atoms with Crippen LogP contribution in [-0.2, 0) is 13.1 Å². The number of nitrogen functional groups attached to an aromatic ring is 1. The SMILES string of the molecule is CCCCn1c(N)c(N(C)C(=O)c2ccc3c(c2)nnn3CC)c(=O)[nH]c1=O. The van der Waals surface area contributed by atoms with Gasteiger partial charge in [0, 0.05) is 25.7 Å². The fourth-order valence-corrected chi connectivity index (χ4v) is 3.07. The summed E-state index contributed by atoms with van der Waals surface area (Å²) in [6.07, 6.45) is 1.57. The Bertz CT molecular complexity index is 1140. The standard InChI is InChI=1S/C18H23N7O3/c1-4-6-9-24-15(19)14(16(26)20-18(24)28)23(3)17(27)11-7-8-13-12(10-11)21-22-25(13)5-2/h7-8,10H,4-6,9,19H2,1-3H3,(H,20,26,28). The van der Waals surface area contributed by atoms with E-state index in [1.807, 2.05) is 13.8 Å². The van der Waals surface area contributed by atoms with Gasteiger partial charge in [0.15, 0.2) is 5.69 Å². The summed E-state index contributed by atoms with van der Waals surface area (Å²) >= 11 is 0. The van der Waals surface area contributed by atoms with Crippen LogP contribution in [0.25, 0.3) is 11.0 Å². The molecular formula is C18H23N7O3. The molecule has 2 aromatic heterocycles. The molecular weight excluding hydrogens is 362 g/mol. The van der Waals surface area contributed by atoms with Crippen LogP contribution in [0.15, 0.2) is 27.8 Å². The van der Waals surface area contributed by atoms with E-state index >= 15 is 0 Å². The minimum Gasteiger partial charge on any atom is -0.383 e. The molecule has 0 spiro atoms. The number of nitrogens with zero attached hydrogens (tertiary/aromatic N) is 5. The molecule has 0 saturated heterocycles. The molecule has 0 bridgehead atoms. The summed E-state index contributed by atoms with van der Waals surface area (Å²) in [6.45, 7) is 4.95. The molecule has 0 aliphatic heterocycles. The lowest BCUT2D eigenvalue weighted by atomic mass is 10.1. The van der Waals surface area contributed by atoms with E-state index in [0.29, 0.717) is 24.2 Å². The summed E-state index contributed by atoms with van der Waals surface area (Å²) in [7, 11) is 1.45. The van der Waals surface area contributed by atoms with Crippen LogP contribution < -0.4 is 21.9 Å². The van der Waals surface area contributed by atoms with E-state index in [-0.39, 0.29) is 11.5 Å². The molecule has 0 unspecified atom stereocenters. The molecule has 0 aliphatic carbocycles. The van der Waals surface area contributed by atoms with Gasteiger partial charge in [-0.15, -0.1) is 5.10 Å². The average molecular weight is 385 g/mol. The maximum absolute atomic E-state index is 13.0. The highest BCUT2D eigenvalue weighted by Crippen LogP contribution is 2.20. The summed E-state index contributed by atoms with van der Waals surface area (Å²) < 4.78 is 3.00. The normalized spacial score (nSPS) is 11.1. The Labute approximate surface area is 160 Å². The first kappa shape index (κ1) is 19.3. The summed E-state index contributed by atoms with van der Waals surface area (Å²) in [4.78, 5) is 40.8. The van der Waals surface area contributed by atoms with E-state index in [9.17, 15) is 14.4 Å². The highest BCUT2D eigenvalue weighted by molar-refractivity contribution is 6.08. The first-order valence-corrected chi connectivity index (χ1v) is 9.12. The van der Waals surface area contributed by atoms with Crippen LogP contribution in [-0.4, -0.2) is 37.5 Å². The highest BCUT2D eigenvalue weighted by atomic mass is 16.2. The predicted octanol–water partition coefficient (Wildman–Crippen LogP) is 0.960. The van der Waals surface area contributed by atoms with Gasteiger partial charge in [-0.05, 0) is 31.5 Å². The number of carbonyl (C=O) groups excluding carboxylic acids is 1. The molecule has 0 saturated carbocycles. The lowest BCUT2D eigenvalue weighted by Gasteiger charge is -2.20. The van der Waals surface area contributed by atoms with Crippen molar-refractivity contribution >= 4 is 28.4 Å². The number of aromatic nitrogens is 5. The van der Waals surface area contributed by atoms with Gasteiger partial charge < -0.3 is 10.6 Å². The third kappa shape index (κ3) is 3.28. The first-order chi connectivity index (χ1) is 13.4. The van der Waals surface area contributed by atoms with Gasteiger partial charge in [-0.3, -0.25) is 19.1 Å². The van der Waals surface area contributed by atoms with Crippen molar-refractivity contribution in [2.45, 2.75) is 39.8 Å². The number of amides is 1. The van der Waals surface area contributed by atoms with Gasteiger partial charge >= 0.3 is 5.69 Å². The van der Waals surface area contributed by atoms with Crippen LogP contribution >= 0.6 is 0 Å². The number of H-pyrrole nitrogens is 1. The summed E-state index contributed by atoms with van der Waals surface area (Å²) in [5, 5.41) is 8.09. The van der Waals surface area contributed by atoms with Crippen LogP contribution in [0.4, 0.5) is 11.5 Å². The summed E-state index contributed by atoms with van der Waals surface area (Å²) in [5.41, 5.74) is 6.46. The molecule has 0 fully saturated rings. The van der Waals surface area contributed by atoms with Crippen molar-refractivity contribution in [2.75, 3.05) is 17.7 Å². The number of unbranched alkanes of at least 4 members (excludes halogenated alkanes) is 1. The number of fused-ring (bicyclic) bond motifs is 1. The van der Waals surface area contributed by atoms with Crippen molar-refractivity contribution < 1.29 is 4.79 Å². The Morgan fingerprint density at radius 3 is 2.71 bits per heavy atom. The Morgan fingerprint density at radius 2 is 2.04 bits per heavy atom. The molecule has 1 aromatic carbocycles. The monoisotopic (exact) mass is 385 g/mol. The van der Waals surface area contributed by atoms with E-state index in [4.69, 9.17) is 5.73 Å². The molecule has 10 heteroatoms. The van der Waals surface area contributed by atoms with Gasteiger partial charge in [-0.25, -0.2) is 9.48 Å². The number of aromatic amines is 1. The van der Waals surface area contributed by atoms with Gasteiger partial charge in [0.1, 0.15) is 11.3 Å². The lowest BCUT2D eigenvalue weighted by molar-refractivity contribution is 0.0992. The van der Waals surface area contributed by atoms with Gasteiger partial charge in [-0.1, -0.05) is 18.6 Å². The van der Waals surface area contributed by atoms with Gasteiger partial charge in [0.05, 0.1) is 5.52 Å². The smallest absolute Gasteiger partial charge is 0.330 e. The number of hydrogen-bond donors (Lipinski definition) is 2. The number of nitrogens with two attached hydrogens (primary N) is 1. The number of anilines is 2. The minimum absolute atomic E-state index is 0.0314. The minimum atomic E-state index is -0.705. The number of hydrogen-bond acceptors (Lipinski definition) is 6. The second-order valence-electron chi connectivity index (χ2n) is 6.47. The predicted molar refractivity (Wildman–Crippen MR) is 107 cm³/mol. The summed E-state index contributed by atoms with van der Waals surface area (Å²) in [6, 6.07) is 5.02. The van der Waals surface area contributed by atoms with Crippen LogP contribution in [0.5, 0.6) is 0 Å². The number of rotatable bonds is 6. The van der Waals surface area contributed by atoms with Gasteiger partial charge in [0.25, 0.3) is 11.5 Å². The van der Waals surface area contributed by atoms with E-state index in [2.05, 4.69) is 15.3 Å². The average Bonchev–Trinajstić information content (AvgIpc) is 3.09. The number of benzene rings is 1. The number of carbonyl (C=O) groups is 1. The topological polar surface area (TPSA) is 132 Å². The van der Waals surface area contributed by atoms with E-state index in [1.54, 1.807) is 22.9 Å². The fourth-order valence-electron chi connectivity index (χ4n) is 3.07. The fraction of sp³-hybridized carbons (Fsp3) is 0.389. The van der Waals surface area contributed by atoms with E-state index in [1.165, 1.54) is 11.6 Å². The van der Waals surface area contributed by atoms with Crippen molar-refractivity contribution in [2.24, 2.45) is 0 Å². The zero-order chi connectivity index (χ0) is 20.4. The number of nitrogens with one attached hydrogen (secondary N) is 1. The summed E-state index contributed by atoms with van der Waals surface area (Å²) in [5.74, 6) is -0.470. The lowest BCUT2D eigenvalue weighted by Crippen LogP contribution is -2.39. The van der Waals surface area contributed by atoms with Crippen LogP contribution in [0.3, 0.4) is 0 Å². The Morgan fingerprint density at radius 1 is 1.29 bits per heavy atom. The van der Waals surface area contributed by atoms with Gasteiger partial charge in [-0.2, -0.15) is 0 Å². The molecule has 10 nitrogen and oxygen atoms in total. The second-order valence-corrected chi connectivity index (χ2v) is 6.47. The van der Waals surface area contributed by atoms with Crippen molar-refractivity contribution in [1.29, 1.82) is 0 Å². The van der Waals surface area contributed by atoms with Crippen molar-refractivity contribution in [1.82, 2.24) is 24.5 Å². The van der Waals surface area contributed by atoms with Crippen LogP contribution in [0, 0.1) is 0 Å². The van der Waals surface area contributed by atoms with Crippen LogP contribution in [0.1, 0.15) is 37.0 Å².